The summed E-state index contributed by atoms with van der Waals surface area (Å²) in [6, 6.07) is 9.34. The summed E-state index contributed by atoms with van der Waals surface area (Å²) in [6.45, 7) is 0. The summed E-state index contributed by atoms with van der Waals surface area (Å²) < 4.78 is 42.9. The second kappa shape index (κ2) is 6.35. The number of nitrogens with zero attached hydrogens (tertiary/aromatic N) is 3. The van der Waals surface area contributed by atoms with Crippen molar-refractivity contribution in [2.24, 2.45) is 7.05 Å². The highest BCUT2D eigenvalue weighted by atomic mass is 19.4. The molecule has 0 atom stereocenters. The van der Waals surface area contributed by atoms with E-state index in [-0.39, 0.29) is 5.75 Å². The maximum absolute atomic E-state index is 12.4. The Kier molecular flexibility index (Phi) is 3.98. The molecule has 0 fully saturated rings. The number of hydrogen-bond donors (Lipinski definition) is 2. The predicted molar refractivity (Wildman–Crippen MR) is 94.7 cm³/mol. The zero-order chi connectivity index (χ0) is 19.0. The van der Waals surface area contributed by atoms with Gasteiger partial charge in [-0.25, -0.2) is 9.97 Å². The third-order valence-electron chi connectivity index (χ3n) is 3.94. The fourth-order valence-electron chi connectivity index (χ4n) is 2.77. The van der Waals surface area contributed by atoms with Gasteiger partial charge in [-0.15, -0.1) is 13.2 Å². The molecule has 138 valence electrons. The topological polar surface area (TPSA) is 67.8 Å². The Morgan fingerprint density at radius 1 is 1.15 bits per heavy atom. The van der Waals surface area contributed by atoms with E-state index in [1.165, 1.54) is 18.2 Å². The van der Waals surface area contributed by atoms with E-state index in [0.717, 1.165) is 22.3 Å². The average molecular weight is 373 g/mol. The van der Waals surface area contributed by atoms with Crippen molar-refractivity contribution in [2.75, 3.05) is 5.32 Å². The van der Waals surface area contributed by atoms with Crippen LogP contribution < -0.4 is 10.1 Å². The minimum absolute atomic E-state index is 0.299. The average Bonchev–Trinajstić information content (AvgIpc) is 3.18. The van der Waals surface area contributed by atoms with E-state index in [2.05, 4.69) is 25.0 Å². The monoisotopic (exact) mass is 373 g/mol. The van der Waals surface area contributed by atoms with E-state index in [1.807, 2.05) is 17.7 Å². The Hall–Kier alpha value is -3.49. The molecule has 3 heterocycles. The number of anilines is 2. The van der Waals surface area contributed by atoms with Gasteiger partial charge in [0.15, 0.2) is 0 Å². The molecule has 3 aromatic heterocycles. The number of H-pyrrole nitrogens is 1. The maximum Gasteiger partial charge on any atom is 0.573 e. The van der Waals surface area contributed by atoms with Gasteiger partial charge in [-0.2, -0.15) is 0 Å². The normalized spacial score (nSPS) is 11.7. The summed E-state index contributed by atoms with van der Waals surface area (Å²) in [6.07, 6.45) is 0.415. The molecule has 2 N–H and O–H groups in total. The van der Waals surface area contributed by atoms with Crippen LogP contribution in [0.4, 0.5) is 24.7 Å². The van der Waals surface area contributed by atoms with Gasteiger partial charge in [0.05, 0.1) is 29.4 Å². The number of aryl methyl sites for hydroxylation is 1. The molecule has 0 saturated carbocycles. The number of aromatic amines is 1. The zero-order valence-electron chi connectivity index (χ0n) is 14.1. The predicted octanol–water partition coefficient (Wildman–Crippen LogP) is 4.61. The number of nitrogens with one attached hydrogen (secondary N) is 2. The summed E-state index contributed by atoms with van der Waals surface area (Å²) in [5, 5.41) is 3.89. The first-order valence-electron chi connectivity index (χ1n) is 7.96. The second-order valence-corrected chi connectivity index (χ2v) is 5.93. The van der Waals surface area contributed by atoms with Crippen LogP contribution in [-0.4, -0.2) is 25.9 Å². The number of benzene rings is 1. The lowest BCUT2D eigenvalue weighted by Gasteiger charge is -2.11. The molecule has 0 amide bonds. The van der Waals surface area contributed by atoms with Gasteiger partial charge < -0.3 is 19.6 Å². The number of ether oxygens (including phenoxy) is 1. The first-order valence-corrected chi connectivity index (χ1v) is 7.96. The quantitative estimate of drug-likeness (QED) is 0.548. The molecule has 0 spiro atoms. The fourth-order valence-corrected chi connectivity index (χ4v) is 2.77. The number of imidazole rings is 1. The number of fused-ring (bicyclic) bond motifs is 1. The third kappa shape index (κ3) is 3.71. The number of aromatic nitrogens is 4. The highest BCUT2D eigenvalue weighted by Crippen LogP contribution is 2.28. The van der Waals surface area contributed by atoms with Crippen molar-refractivity contribution in [2.45, 2.75) is 6.36 Å². The highest BCUT2D eigenvalue weighted by molar-refractivity contribution is 5.86. The minimum Gasteiger partial charge on any atom is -0.406 e. The van der Waals surface area contributed by atoms with Crippen LogP contribution in [0.2, 0.25) is 0 Å². The molecule has 4 rings (SSSR count). The molecule has 1 aromatic carbocycles. The number of rotatable bonds is 4. The molecule has 4 aromatic rings. The van der Waals surface area contributed by atoms with Gasteiger partial charge in [0.25, 0.3) is 0 Å². The van der Waals surface area contributed by atoms with Crippen molar-refractivity contribution < 1.29 is 17.9 Å². The fraction of sp³-hybridized carbons (Fsp3) is 0.111. The van der Waals surface area contributed by atoms with Gasteiger partial charge >= 0.3 is 6.36 Å². The lowest BCUT2D eigenvalue weighted by atomic mass is 10.2. The summed E-state index contributed by atoms with van der Waals surface area (Å²) in [5.41, 5.74) is 3.09. The standard InChI is InChI=1S/C18H14F3N5O/c1-26-10-22-9-16(26)15-5-11-8-23-17(7-14(11)25-15)24-12-3-2-4-13(6-12)27-18(19,20)21/h2-10,25H,1H3,(H,23,24). The Labute approximate surface area is 151 Å². The van der Waals surface area contributed by atoms with Crippen LogP contribution in [0.1, 0.15) is 0 Å². The molecule has 0 saturated heterocycles. The summed E-state index contributed by atoms with van der Waals surface area (Å²) in [5.74, 6) is 0.192. The van der Waals surface area contributed by atoms with Crippen LogP contribution >= 0.6 is 0 Å². The van der Waals surface area contributed by atoms with Crippen molar-refractivity contribution in [1.82, 2.24) is 19.5 Å². The highest BCUT2D eigenvalue weighted by Gasteiger charge is 2.31. The van der Waals surface area contributed by atoms with Gasteiger partial charge in [-0.3, -0.25) is 0 Å². The largest absolute Gasteiger partial charge is 0.573 e. The molecule has 0 radical (unpaired) electrons. The Bertz CT molecular complexity index is 1100. The smallest absolute Gasteiger partial charge is 0.406 e. The van der Waals surface area contributed by atoms with Gasteiger partial charge in [0, 0.05) is 36.5 Å². The lowest BCUT2D eigenvalue weighted by molar-refractivity contribution is -0.274. The molecule has 9 heteroatoms. The molecular formula is C18H14F3N5O. The van der Waals surface area contributed by atoms with Crippen LogP contribution in [0, 0.1) is 0 Å². The first-order chi connectivity index (χ1) is 12.9. The molecule has 0 unspecified atom stereocenters. The lowest BCUT2D eigenvalue weighted by Crippen LogP contribution is -2.17. The van der Waals surface area contributed by atoms with Crippen LogP contribution in [0.25, 0.3) is 22.3 Å². The van der Waals surface area contributed by atoms with Gasteiger partial charge in [0.1, 0.15) is 11.6 Å². The SMILES string of the molecule is Cn1cncc1-c1cc2cnc(Nc3cccc(OC(F)(F)F)c3)cc2[nH]1. The van der Waals surface area contributed by atoms with Crippen molar-refractivity contribution in [3.05, 3.63) is 55.1 Å². The Balaban J connectivity index is 1.60. The molecule has 0 aliphatic carbocycles. The van der Waals surface area contributed by atoms with Crippen LogP contribution in [0.3, 0.4) is 0 Å². The Morgan fingerprint density at radius 3 is 2.74 bits per heavy atom. The Morgan fingerprint density at radius 2 is 2.00 bits per heavy atom. The van der Waals surface area contributed by atoms with E-state index in [0.29, 0.717) is 11.5 Å². The summed E-state index contributed by atoms with van der Waals surface area (Å²) in [7, 11) is 1.90. The molecule has 0 bridgehead atoms. The second-order valence-electron chi connectivity index (χ2n) is 5.93. The first kappa shape index (κ1) is 17.0. The molecular weight excluding hydrogens is 359 g/mol. The van der Waals surface area contributed by atoms with Crippen molar-refractivity contribution in [3.63, 3.8) is 0 Å². The van der Waals surface area contributed by atoms with E-state index in [9.17, 15) is 13.2 Å². The number of halogens is 3. The van der Waals surface area contributed by atoms with Crippen molar-refractivity contribution in [1.29, 1.82) is 0 Å². The maximum atomic E-state index is 12.4. The molecule has 0 aliphatic heterocycles. The van der Waals surface area contributed by atoms with Crippen LogP contribution in [-0.2, 0) is 7.05 Å². The molecule has 6 nitrogen and oxygen atoms in total. The van der Waals surface area contributed by atoms with Gasteiger partial charge in [-0.1, -0.05) is 6.07 Å². The van der Waals surface area contributed by atoms with E-state index < -0.39 is 6.36 Å². The third-order valence-corrected chi connectivity index (χ3v) is 3.94. The number of alkyl halides is 3. The molecule has 27 heavy (non-hydrogen) atoms. The minimum atomic E-state index is -4.73. The number of hydrogen-bond acceptors (Lipinski definition) is 4. The summed E-state index contributed by atoms with van der Waals surface area (Å²) in [4.78, 5) is 11.7. The van der Waals surface area contributed by atoms with Crippen LogP contribution in [0.5, 0.6) is 5.75 Å². The summed E-state index contributed by atoms with van der Waals surface area (Å²) >= 11 is 0. The van der Waals surface area contributed by atoms with Gasteiger partial charge in [0.2, 0.25) is 0 Å². The number of pyridine rings is 1. The van der Waals surface area contributed by atoms with Crippen molar-refractivity contribution in [3.8, 4) is 17.1 Å². The van der Waals surface area contributed by atoms with Gasteiger partial charge in [-0.05, 0) is 18.2 Å². The van der Waals surface area contributed by atoms with Crippen LogP contribution in [0.15, 0.2) is 55.1 Å². The van der Waals surface area contributed by atoms with E-state index in [4.69, 9.17) is 0 Å². The van der Waals surface area contributed by atoms with Crippen molar-refractivity contribution >= 4 is 22.4 Å². The van der Waals surface area contributed by atoms with E-state index >= 15 is 0 Å². The van der Waals surface area contributed by atoms with E-state index in [1.54, 1.807) is 30.9 Å². The zero-order valence-corrected chi connectivity index (χ0v) is 14.1. The molecule has 0 aliphatic rings.